The highest BCUT2D eigenvalue weighted by molar-refractivity contribution is 6.04. The average Bonchev–Trinajstić information content (AvgIpc) is 3.23. The van der Waals surface area contributed by atoms with Crippen molar-refractivity contribution >= 4 is 17.4 Å². The SMILES string of the molecule is Nc1ccc(-c2cnc(NC(=O)c3ccccc3)c(CC3CCCC3)n2)cc1. The Hall–Kier alpha value is -3.21. The summed E-state index contributed by atoms with van der Waals surface area (Å²) in [6.07, 6.45) is 7.49. The van der Waals surface area contributed by atoms with Crippen LogP contribution in [0.1, 0.15) is 41.7 Å². The summed E-state index contributed by atoms with van der Waals surface area (Å²) >= 11 is 0. The van der Waals surface area contributed by atoms with Crippen molar-refractivity contribution in [2.24, 2.45) is 5.92 Å². The Labute approximate surface area is 165 Å². The van der Waals surface area contributed by atoms with Gasteiger partial charge in [0.05, 0.1) is 17.6 Å². The van der Waals surface area contributed by atoms with Crippen LogP contribution in [-0.2, 0) is 6.42 Å². The summed E-state index contributed by atoms with van der Waals surface area (Å²) in [4.78, 5) is 22.0. The summed E-state index contributed by atoms with van der Waals surface area (Å²) in [6.45, 7) is 0. The monoisotopic (exact) mass is 372 g/mol. The highest BCUT2D eigenvalue weighted by Gasteiger charge is 2.20. The lowest BCUT2D eigenvalue weighted by Crippen LogP contribution is -2.16. The molecular weight excluding hydrogens is 348 g/mol. The van der Waals surface area contributed by atoms with Crippen LogP contribution in [0.15, 0.2) is 60.8 Å². The molecule has 0 unspecified atom stereocenters. The molecule has 1 fully saturated rings. The molecule has 0 bridgehead atoms. The summed E-state index contributed by atoms with van der Waals surface area (Å²) in [6, 6.07) is 16.8. The molecule has 0 atom stereocenters. The first-order chi connectivity index (χ1) is 13.7. The van der Waals surface area contributed by atoms with Crippen LogP contribution in [0.25, 0.3) is 11.3 Å². The van der Waals surface area contributed by atoms with E-state index < -0.39 is 0 Å². The number of carbonyl (C=O) groups excluding carboxylic acids is 1. The van der Waals surface area contributed by atoms with Crippen molar-refractivity contribution in [3.05, 3.63) is 72.1 Å². The molecule has 28 heavy (non-hydrogen) atoms. The van der Waals surface area contributed by atoms with Crippen LogP contribution >= 0.6 is 0 Å². The van der Waals surface area contributed by atoms with Crippen molar-refractivity contribution in [1.29, 1.82) is 0 Å². The molecule has 5 heteroatoms. The molecule has 5 nitrogen and oxygen atoms in total. The molecule has 1 aliphatic carbocycles. The molecule has 2 aromatic carbocycles. The summed E-state index contributed by atoms with van der Waals surface area (Å²) in [7, 11) is 0. The number of nitrogens with two attached hydrogens (primary N) is 1. The van der Waals surface area contributed by atoms with Gasteiger partial charge in [0.1, 0.15) is 0 Å². The first kappa shape index (κ1) is 18.2. The van der Waals surface area contributed by atoms with Crippen molar-refractivity contribution < 1.29 is 4.79 Å². The minimum absolute atomic E-state index is 0.164. The molecule has 0 radical (unpaired) electrons. The quantitative estimate of drug-likeness (QED) is 0.636. The molecule has 4 rings (SSSR count). The maximum Gasteiger partial charge on any atom is 0.256 e. The molecule has 1 aromatic heterocycles. The summed E-state index contributed by atoms with van der Waals surface area (Å²) in [5.41, 5.74) is 9.74. The van der Waals surface area contributed by atoms with E-state index in [1.807, 2.05) is 42.5 Å². The second kappa shape index (κ2) is 8.21. The fraction of sp³-hybridized carbons (Fsp3) is 0.261. The first-order valence-corrected chi connectivity index (χ1v) is 9.77. The fourth-order valence-corrected chi connectivity index (χ4v) is 3.72. The van der Waals surface area contributed by atoms with Crippen LogP contribution in [0.3, 0.4) is 0 Å². The Morgan fingerprint density at radius 1 is 1.04 bits per heavy atom. The second-order valence-electron chi connectivity index (χ2n) is 7.35. The molecule has 1 aliphatic rings. The fourth-order valence-electron chi connectivity index (χ4n) is 3.72. The predicted octanol–water partition coefficient (Wildman–Crippen LogP) is 4.71. The van der Waals surface area contributed by atoms with E-state index in [4.69, 9.17) is 10.7 Å². The number of benzene rings is 2. The van der Waals surface area contributed by atoms with Crippen LogP contribution in [-0.4, -0.2) is 15.9 Å². The van der Waals surface area contributed by atoms with Gasteiger partial charge in [-0.15, -0.1) is 0 Å². The van der Waals surface area contributed by atoms with Gasteiger partial charge >= 0.3 is 0 Å². The molecular formula is C23H24N4O. The molecule has 3 N–H and O–H groups in total. The molecule has 1 saturated carbocycles. The largest absolute Gasteiger partial charge is 0.399 e. The van der Waals surface area contributed by atoms with Gasteiger partial charge in [-0.25, -0.2) is 9.97 Å². The van der Waals surface area contributed by atoms with E-state index in [-0.39, 0.29) is 5.91 Å². The Kier molecular flexibility index (Phi) is 5.33. The van der Waals surface area contributed by atoms with Gasteiger partial charge in [-0.3, -0.25) is 4.79 Å². The second-order valence-corrected chi connectivity index (χ2v) is 7.35. The van der Waals surface area contributed by atoms with Crippen LogP contribution < -0.4 is 11.1 Å². The Morgan fingerprint density at radius 3 is 2.46 bits per heavy atom. The number of rotatable bonds is 5. The predicted molar refractivity (Wildman–Crippen MR) is 112 cm³/mol. The zero-order chi connectivity index (χ0) is 19.3. The lowest BCUT2D eigenvalue weighted by Gasteiger charge is -2.14. The third kappa shape index (κ3) is 4.19. The maximum absolute atomic E-state index is 12.6. The lowest BCUT2D eigenvalue weighted by atomic mass is 10.0. The molecule has 0 saturated heterocycles. The van der Waals surface area contributed by atoms with Crippen LogP contribution in [0, 0.1) is 5.92 Å². The number of hydrogen-bond donors (Lipinski definition) is 2. The number of carbonyl (C=O) groups is 1. The Balaban J connectivity index is 1.64. The zero-order valence-corrected chi connectivity index (χ0v) is 15.8. The summed E-state index contributed by atoms with van der Waals surface area (Å²) < 4.78 is 0. The van der Waals surface area contributed by atoms with Crippen molar-refractivity contribution in [2.45, 2.75) is 32.1 Å². The minimum Gasteiger partial charge on any atom is -0.399 e. The standard InChI is InChI=1S/C23H24N4O/c24-19-12-10-17(11-13-19)21-15-25-22(20(26-21)14-16-6-4-5-7-16)27-23(28)18-8-2-1-3-9-18/h1-3,8-13,15-16H,4-7,14,24H2,(H,25,27,28). The number of hydrogen-bond acceptors (Lipinski definition) is 4. The number of aromatic nitrogens is 2. The third-order valence-corrected chi connectivity index (χ3v) is 5.28. The van der Waals surface area contributed by atoms with Crippen LogP contribution in [0.4, 0.5) is 11.5 Å². The van der Waals surface area contributed by atoms with Gasteiger partial charge in [0.25, 0.3) is 5.91 Å². The highest BCUT2D eigenvalue weighted by atomic mass is 16.1. The number of amides is 1. The van der Waals surface area contributed by atoms with Crippen molar-refractivity contribution in [1.82, 2.24) is 9.97 Å². The molecule has 1 heterocycles. The van der Waals surface area contributed by atoms with Crippen molar-refractivity contribution in [3.8, 4) is 11.3 Å². The summed E-state index contributed by atoms with van der Waals surface area (Å²) in [5.74, 6) is 0.992. The maximum atomic E-state index is 12.6. The number of nitrogen functional groups attached to an aromatic ring is 1. The van der Waals surface area contributed by atoms with E-state index in [0.717, 1.165) is 29.1 Å². The van der Waals surface area contributed by atoms with E-state index in [1.165, 1.54) is 25.7 Å². The molecule has 142 valence electrons. The number of anilines is 2. The van der Waals surface area contributed by atoms with Crippen LogP contribution in [0.5, 0.6) is 0 Å². The number of nitrogens with one attached hydrogen (secondary N) is 1. The van der Waals surface area contributed by atoms with Gasteiger partial charge in [0.2, 0.25) is 0 Å². The van der Waals surface area contributed by atoms with E-state index in [0.29, 0.717) is 17.3 Å². The van der Waals surface area contributed by atoms with Gasteiger partial charge in [0.15, 0.2) is 5.82 Å². The normalized spacial score (nSPS) is 14.1. The lowest BCUT2D eigenvalue weighted by molar-refractivity contribution is 0.102. The summed E-state index contributed by atoms with van der Waals surface area (Å²) in [5, 5.41) is 2.96. The van der Waals surface area contributed by atoms with Gasteiger partial charge < -0.3 is 11.1 Å². The van der Waals surface area contributed by atoms with Crippen molar-refractivity contribution in [2.75, 3.05) is 11.1 Å². The highest BCUT2D eigenvalue weighted by Crippen LogP contribution is 2.30. The van der Waals surface area contributed by atoms with Gasteiger partial charge in [0, 0.05) is 16.8 Å². The molecule has 0 aliphatic heterocycles. The van der Waals surface area contributed by atoms with Crippen LogP contribution in [0.2, 0.25) is 0 Å². The molecule has 3 aromatic rings. The van der Waals surface area contributed by atoms with E-state index in [1.54, 1.807) is 18.3 Å². The topological polar surface area (TPSA) is 80.9 Å². The Bertz CT molecular complexity index is 948. The van der Waals surface area contributed by atoms with E-state index in [9.17, 15) is 4.79 Å². The van der Waals surface area contributed by atoms with Crippen molar-refractivity contribution in [3.63, 3.8) is 0 Å². The van der Waals surface area contributed by atoms with Gasteiger partial charge in [-0.1, -0.05) is 56.0 Å². The zero-order valence-electron chi connectivity index (χ0n) is 15.8. The third-order valence-electron chi connectivity index (χ3n) is 5.28. The number of nitrogens with zero attached hydrogens (tertiary/aromatic N) is 2. The van der Waals surface area contributed by atoms with E-state index >= 15 is 0 Å². The first-order valence-electron chi connectivity index (χ1n) is 9.77. The smallest absolute Gasteiger partial charge is 0.256 e. The van der Waals surface area contributed by atoms with Gasteiger partial charge in [-0.2, -0.15) is 0 Å². The molecule has 0 spiro atoms. The molecule has 1 amide bonds. The Morgan fingerprint density at radius 2 is 1.75 bits per heavy atom. The minimum atomic E-state index is -0.164. The van der Waals surface area contributed by atoms with E-state index in [2.05, 4.69) is 10.3 Å². The average molecular weight is 372 g/mol. The van der Waals surface area contributed by atoms with Gasteiger partial charge in [-0.05, 0) is 36.6 Å².